The van der Waals surface area contributed by atoms with Gasteiger partial charge in [0.1, 0.15) is 0 Å². The molecule has 0 radical (unpaired) electrons. The fourth-order valence-electron chi connectivity index (χ4n) is 1.75. The van der Waals surface area contributed by atoms with Crippen LogP contribution in [0.15, 0.2) is 35.4 Å². The van der Waals surface area contributed by atoms with Gasteiger partial charge in [0.05, 0.1) is 36.2 Å². The van der Waals surface area contributed by atoms with E-state index in [1.54, 1.807) is 44.7 Å². The van der Waals surface area contributed by atoms with Gasteiger partial charge in [0, 0.05) is 5.02 Å². The Kier molecular flexibility index (Phi) is 5.77. The predicted molar refractivity (Wildman–Crippen MR) is 92.2 cm³/mol. The highest BCUT2D eigenvalue weighted by atomic mass is 35.5. The molecule has 4 nitrogen and oxygen atoms in total. The van der Waals surface area contributed by atoms with Crippen LogP contribution in [0, 0.1) is 0 Å². The van der Waals surface area contributed by atoms with Crippen LogP contribution in [0.3, 0.4) is 0 Å². The van der Waals surface area contributed by atoms with E-state index in [4.69, 9.17) is 44.3 Å². The van der Waals surface area contributed by atoms with E-state index in [-0.39, 0.29) is 0 Å². The lowest BCUT2D eigenvalue weighted by atomic mass is 10.2. The molecule has 1 N–H and O–H groups in total. The van der Waals surface area contributed by atoms with Gasteiger partial charge >= 0.3 is 0 Å². The number of hydrogen-bond donors (Lipinski definition) is 1. The summed E-state index contributed by atoms with van der Waals surface area (Å²) in [6.07, 6.45) is 1.61. The van der Waals surface area contributed by atoms with Crippen LogP contribution < -0.4 is 14.9 Å². The van der Waals surface area contributed by atoms with Gasteiger partial charge in [0.25, 0.3) is 0 Å². The van der Waals surface area contributed by atoms with Crippen molar-refractivity contribution in [2.24, 2.45) is 5.10 Å². The van der Waals surface area contributed by atoms with E-state index >= 15 is 0 Å². The molecular formula is C15H13Cl3N2O2. The minimum Gasteiger partial charge on any atom is -0.493 e. The molecule has 0 saturated heterocycles. The van der Waals surface area contributed by atoms with E-state index in [1.165, 1.54) is 0 Å². The molecule has 0 aromatic heterocycles. The molecule has 2 aromatic carbocycles. The molecule has 0 aliphatic carbocycles. The SMILES string of the molecule is COc1ccc(/C=N/Nc2c(Cl)cc(Cl)cc2Cl)cc1OC. The van der Waals surface area contributed by atoms with E-state index in [9.17, 15) is 0 Å². The molecule has 0 aliphatic heterocycles. The lowest BCUT2D eigenvalue weighted by molar-refractivity contribution is 0.355. The minimum atomic E-state index is 0.391. The first kappa shape index (κ1) is 16.7. The van der Waals surface area contributed by atoms with Crippen molar-refractivity contribution in [3.05, 3.63) is 51.0 Å². The Morgan fingerprint density at radius 1 is 0.955 bits per heavy atom. The predicted octanol–water partition coefficient (Wildman–Crippen LogP) is 5.11. The second-order valence-corrected chi connectivity index (χ2v) is 5.48. The maximum absolute atomic E-state index is 6.06. The van der Waals surface area contributed by atoms with Crippen LogP contribution in [0.4, 0.5) is 5.69 Å². The van der Waals surface area contributed by atoms with Gasteiger partial charge in [0.2, 0.25) is 0 Å². The highest BCUT2D eigenvalue weighted by molar-refractivity contribution is 6.41. The lowest BCUT2D eigenvalue weighted by Crippen LogP contribution is -1.95. The van der Waals surface area contributed by atoms with Gasteiger partial charge in [-0.1, -0.05) is 34.8 Å². The summed E-state index contributed by atoms with van der Waals surface area (Å²) in [5, 5.41) is 5.35. The van der Waals surface area contributed by atoms with Crippen LogP contribution in [0.2, 0.25) is 15.1 Å². The number of rotatable bonds is 5. The maximum atomic E-state index is 6.06. The Bertz CT molecular complexity index is 682. The number of anilines is 1. The van der Waals surface area contributed by atoms with Crippen LogP contribution in [-0.2, 0) is 0 Å². The van der Waals surface area contributed by atoms with E-state index in [2.05, 4.69) is 10.5 Å². The molecule has 0 amide bonds. The summed E-state index contributed by atoms with van der Waals surface area (Å²) < 4.78 is 10.4. The number of benzene rings is 2. The van der Waals surface area contributed by atoms with E-state index in [0.717, 1.165) is 5.56 Å². The summed E-state index contributed by atoms with van der Waals surface area (Å²) in [6, 6.07) is 8.61. The van der Waals surface area contributed by atoms with E-state index in [1.807, 2.05) is 6.07 Å². The van der Waals surface area contributed by atoms with Gasteiger partial charge in [-0.05, 0) is 35.9 Å². The van der Waals surface area contributed by atoms with E-state index in [0.29, 0.717) is 32.3 Å². The second kappa shape index (κ2) is 7.58. The fourth-order valence-corrected chi connectivity index (χ4v) is 2.65. The minimum absolute atomic E-state index is 0.391. The van der Waals surface area contributed by atoms with Crippen molar-refractivity contribution in [1.29, 1.82) is 0 Å². The Morgan fingerprint density at radius 2 is 1.59 bits per heavy atom. The number of methoxy groups -OCH3 is 2. The molecule has 116 valence electrons. The first-order chi connectivity index (χ1) is 10.5. The Labute approximate surface area is 143 Å². The largest absolute Gasteiger partial charge is 0.493 e. The van der Waals surface area contributed by atoms with Crippen molar-refractivity contribution in [1.82, 2.24) is 0 Å². The van der Waals surface area contributed by atoms with Gasteiger partial charge in [-0.15, -0.1) is 0 Å². The van der Waals surface area contributed by atoms with E-state index < -0.39 is 0 Å². The van der Waals surface area contributed by atoms with Crippen molar-refractivity contribution in [3.8, 4) is 11.5 Å². The standard InChI is InChI=1S/C15H13Cl3N2O2/c1-21-13-4-3-9(5-14(13)22-2)8-19-20-15-11(17)6-10(16)7-12(15)18/h3-8,20H,1-2H3/b19-8+. The van der Waals surface area contributed by atoms with Crippen LogP contribution in [0.5, 0.6) is 11.5 Å². The normalized spacial score (nSPS) is 10.8. The van der Waals surface area contributed by atoms with Crippen LogP contribution in [0.25, 0.3) is 0 Å². The molecule has 7 heteroatoms. The first-order valence-electron chi connectivity index (χ1n) is 6.20. The highest BCUT2D eigenvalue weighted by Crippen LogP contribution is 2.33. The number of nitrogens with one attached hydrogen (secondary N) is 1. The molecule has 0 unspecified atom stereocenters. The second-order valence-electron chi connectivity index (χ2n) is 4.23. The number of hydrogen-bond acceptors (Lipinski definition) is 4. The van der Waals surface area contributed by atoms with Gasteiger partial charge in [-0.3, -0.25) is 5.43 Å². The number of hydrazone groups is 1. The van der Waals surface area contributed by atoms with Gasteiger partial charge < -0.3 is 9.47 Å². The maximum Gasteiger partial charge on any atom is 0.161 e. The summed E-state index contributed by atoms with van der Waals surface area (Å²) in [6.45, 7) is 0. The number of halogens is 3. The Morgan fingerprint density at radius 3 is 2.18 bits per heavy atom. The molecule has 0 fully saturated rings. The molecule has 2 aromatic rings. The van der Waals surface area contributed by atoms with Crippen molar-refractivity contribution in [2.45, 2.75) is 0 Å². The zero-order valence-electron chi connectivity index (χ0n) is 11.9. The van der Waals surface area contributed by atoms with Crippen LogP contribution in [0.1, 0.15) is 5.56 Å². The van der Waals surface area contributed by atoms with Crippen molar-refractivity contribution in [2.75, 3.05) is 19.6 Å². The van der Waals surface area contributed by atoms with Gasteiger partial charge in [-0.2, -0.15) is 5.10 Å². The van der Waals surface area contributed by atoms with Crippen molar-refractivity contribution >= 4 is 46.7 Å². The van der Waals surface area contributed by atoms with Gasteiger partial charge in [-0.25, -0.2) is 0 Å². The van der Waals surface area contributed by atoms with Crippen LogP contribution >= 0.6 is 34.8 Å². The third kappa shape index (κ3) is 3.97. The number of nitrogens with zero attached hydrogens (tertiary/aromatic N) is 1. The Balaban J connectivity index is 2.16. The third-order valence-corrected chi connectivity index (χ3v) is 3.62. The summed E-state index contributed by atoms with van der Waals surface area (Å²) in [7, 11) is 3.15. The summed E-state index contributed by atoms with van der Waals surface area (Å²) in [5.74, 6) is 1.27. The molecular weight excluding hydrogens is 347 g/mol. The third-order valence-electron chi connectivity index (χ3n) is 2.80. The summed E-state index contributed by atoms with van der Waals surface area (Å²) >= 11 is 18.0. The number of ether oxygens (including phenoxy) is 2. The fraction of sp³-hybridized carbons (Fsp3) is 0.133. The molecule has 0 saturated carbocycles. The molecule has 0 heterocycles. The van der Waals surface area contributed by atoms with Crippen molar-refractivity contribution in [3.63, 3.8) is 0 Å². The molecule has 2 rings (SSSR count). The zero-order valence-corrected chi connectivity index (χ0v) is 14.1. The molecule has 0 spiro atoms. The highest BCUT2D eigenvalue weighted by Gasteiger charge is 2.07. The molecule has 0 aliphatic rings. The van der Waals surface area contributed by atoms with Crippen molar-refractivity contribution < 1.29 is 9.47 Å². The topological polar surface area (TPSA) is 42.8 Å². The quantitative estimate of drug-likeness (QED) is 0.596. The molecule has 0 atom stereocenters. The average Bonchev–Trinajstić information content (AvgIpc) is 2.49. The average molecular weight is 360 g/mol. The summed E-state index contributed by atoms with van der Waals surface area (Å²) in [4.78, 5) is 0. The molecule has 0 bridgehead atoms. The summed E-state index contributed by atoms with van der Waals surface area (Å²) in [5.41, 5.74) is 4.11. The first-order valence-corrected chi connectivity index (χ1v) is 7.34. The van der Waals surface area contributed by atoms with Gasteiger partial charge in [0.15, 0.2) is 11.5 Å². The molecule has 22 heavy (non-hydrogen) atoms. The van der Waals surface area contributed by atoms with Crippen LogP contribution in [-0.4, -0.2) is 20.4 Å². The lowest BCUT2D eigenvalue weighted by Gasteiger charge is -2.08. The smallest absolute Gasteiger partial charge is 0.161 e. The zero-order chi connectivity index (χ0) is 16.1. The monoisotopic (exact) mass is 358 g/mol. The Hall–Kier alpha value is -1.62.